The van der Waals surface area contributed by atoms with Gasteiger partial charge in [0.25, 0.3) is 0 Å². The summed E-state index contributed by atoms with van der Waals surface area (Å²) in [5.74, 6) is -1.53. The van der Waals surface area contributed by atoms with Gasteiger partial charge in [-0.3, -0.25) is 0 Å². The largest absolute Gasteiger partial charge is 0.204 e. The molecule has 0 radical (unpaired) electrons. The lowest BCUT2D eigenvalue weighted by Crippen LogP contribution is -2.24. The van der Waals surface area contributed by atoms with Gasteiger partial charge in [0.05, 0.1) is 0 Å². The van der Waals surface area contributed by atoms with Crippen LogP contribution >= 0.6 is 0 Å². The highest BCUT2D eigenvalue weighted by molar-refractivity contribution is 5.67. The molecule has 8 aliphatic rings. The van der Waals surface area contributed by atoms with Gasteiger partial charge in [0.2, 0.25) is 0 Å². The van der Waals surface area contributed by atoms with Crippen molar-refractivity contribution in [2.45, 2.75) is 257 Å². The predicted molar refractivity (Wildman–Crippen MR) is 430 cm³/mol. The molecule has 8 aliphatic carbocycles. The van der Waals surface area contributed by atoms with E-state index in [9.17, 15) is 52.7 Å². The first-order chi connectivity index (χ1) is 54.0. The molecule has 8 fully saturated rings. The van der Waals surface area contributed by atoms with E-state index >= 15 is 0 Å². The molecule has 0 N–H and O–H groups in total. The van der Waals surface area contributed by atoms with Crippen LogP contribution in [0, 0.1) is 141 Å². The fraction of sp³-hybridized carbons (Fsp3) is 0.520. The second kappa shape index (κ2) is 38.6. The summed E-state index contributed by atoms with van der Waals surface area (Å²) in [4.78, 5) is 0. The predicted octanol–water partition coefficient (Wildman–Crippen LogP) is 31.5. The molecule has 12 heteroatoms. The molecule has 8 aromatic rings. The van der Waals surface area contributed by atoms with E-state index in [4.69, 9.17) is 0 Å². The summed E-state index contributed by atoms with van der Waals surface area (Å²) >= 11 is 0. The van der Waals surface area contributed by atoms with Crippen molar-refractivity contribution in [1.82, 2.24) is 0 Å². The van der Waals surface area contributed by atoms with Gasteiger partial charge in [-0.2, -0.15) is 0 Å². The monoisotopic (exact) mass is 1540 g/mol. The Morgan fingerprint density at radius 1 is 0.161 bits per heavy atom. The first-order valence-corrected chi connectivity index (χ1v) is 43.0. The van der Waals surface area contributed by atoms with E-state index in [1.54, 1.807) is 0 Å². The zero-order valence-electron chi connectivity index (χ0n) is 66.3. The summed E-state index contributed by atoms with van der Waals surface area (Å²) < 4.78 is 161. The van der Waals surface area contributed by atoms with E-state index in [-0.39, 0.29) is 0 Å². The molecule has 600 valence electrons. The van der Waals surface area contributed by atoms with Crippen LogP contribution in [0.1, 0.15) is 279 Å². The van der Waals surface area contributed by atoms with Gasteiger partial charge < -0.3 is 0 Å². The standard InChI is InChI=1S/4C25H29F3/c4*1-16-2-4-17(5-3-16)18-6-8-19(9-7-18)20-10-12-21(13-11-20)22-14-23(26)25(28)24(27)15-22/h4*10-19H,2-9H2,1H3. The Morgan fingerprint density at radius 3 is 0.420 bits per heavy atom. The molecular formula is C100H116F12. The van der Waals surface area contributed by atoms with Crippen LogP contribution < -0.4 is 0 Å². The molecule has 0 aromatic heterocycles. The van der Waals surface area contributed by atoms with Crippen molar-refractivity contribution in [3.63, 3.8) is 0 Å². The molecule has 0 amide bonds. The molecule has 16 rings (SSSR count). The topological polar surface area (TPSA) is 0 Å². The molecule has 0 aliphatic heterocycles. The Bertz CT molecular complexity index is 3640. The van der Waals surface area contributed by atoms with Gasteiger partial charge in [-0.05, 0) is 364 Å². The Morgan fingerprint density at radius 2 is 0.286 bits per heavy atom. The maximum Gasteiger partial charge on any atom is 0.194 e. The van der Waals surface area contributed by atoms with Crippen molar-refractivity contribution in [3.05, 3.63) is 238 Å². The first kappa shape index (κ1) is 82.9. The fourth-order valence-electron chi connectivity index (χ4n) is 21.4. The van der Waals surface area contributed by atoms with Crippen molar-refractivity contribution in [1.29, 1.82) is 0 Å². The molecule has 0 unspecified atom stereocenters. The van der Waals surface area contributed by atoms with Crippen LogP contribution in [0.3, 0.4) is 0 Å². The molecule has 0 saturated heterocycles. The molecule has 8 aromatic carbocycles. The third-order valence-electron chi connectivity index (χ3n) is 28.8. The third kappa shape index (κ3) is 21.1. The van der Waals surface area contributed by atoms with E-state index in [2.05, 4.69) is 76.2 Å². The summed E-state index contributed by atoms with van der Waals surface area (Å²) in [5, 5.41) is 0. The molecule has 0 heterocycles. The van der Waals surface area contributed by atoms with Crippen LogP contribution in [0.15, 0.2) is 146 Å². The Balaban J connectivity index is 0.000000131. The van der Waals surface area contributed by atoms with Crippen molar-refractivity contribution in [2.75, 3.05) is 0 Å². The number of hydrogen-bond acceptors (Lipinski definition) is 0. The highest BCUT2D eigenvalue weighted by atomic mass is 19.2. The zero-order chi connectivity index (χ0) is 78.7. The molecule has 8 saturated carbocycles. The van der Waals surface area contributed by atoms with Gasteiger partial charge in [-0.1, -0.05) is 176 Å². The van der Waals surface area contributed by atoms with Crippen LogP contribution in [0.4, 0.5) is 52.7 Å². The number of benzene rings is 8. The highest BCUT2D eigenvalue weighted by Gasteiger charge is 2.36. The molecule has 112 heavy (non-hydrogen) atoms. The smallest absolute Gasteiger partial charge is 0.194 e. The second-order valence-electron chi connectivity index (χ2n) is 36.0. The van der Waals surface area contributed by atoms with Gasteiger partial charge in [-0.25, -0.2) is 52.7 Å². The lowest BCUT2D eigenvalue weighted by Gasteiger charge is -2.37. The number of halogens is 12. The third-order valence-corrected chi connectivity index (χ3v) is 28.8. The van der Waals surface area contributed by atoms with E-state index in [0.717, 1.165) is 120 Å². The normalized spacial score (nSPS) is 28.3. The first-order valence-electron chi connectivity index (χ1n) is 43.0. The van der Waals surface area contributed by atoms with Crippen LogP contribution in [-0.4, -0.2) is 0 Å². The van der Waals surface area contributed by atoms with Crippen LogP contribution in [0.25, 0.3) is 44.5 Å². The average Bonchev–Trinajstić information content (AvgIpc) is 0.822. The quantitative estimate of drug-likeness (QED) is 0.0845. The van der Waals surface area contributed by atoms with E-state index in [0.29, 0.717) is 68.2 Å². The van der Waals surface area contributed by atoms with Gasteiger partial charge in [0.15, 0.2) is 69.8 Å². The van der Waals surface area contributed by atoms with Gasteiger partial charge in [-0.15, -0.1) is 0 Å². The van der Waals surface area contributed by atoms with Crippen molar-refractivity contribution >= 4 is 0 Å². The van der Waals surface area contributed by atoms with Crippen molar-refractivity contribution in [3.8, 4) is 44.5 Å². The molecule has 0 spiro atoms. The summed E-state index contributed by atoms with van der Waals surface area (Å²) in [7, 11) is 0. The Kier molecular flexibility index (Phi) is 28.5. The van der Waals surface area contributed by atoms with E-state index in [1.807, 2.05) is 48.5 Å². The maximum atomic E-state index is 13.5. The Labute approximate surface area is 659 Å². The summed E-state index contributed by atoms with van der Waals surface area (Å²) in [6.07, 6.45) is 42.9. The minimum atomic E-state index is -1.41. The minimum absolute atomic E-state index is 0.373. The molecule has 0 bridgehead atoms. The maximum absolute atomic E-state index is 13.5. The number of hydrogen-bond donors (Lipinski definition) is 0. The minimum Gasteiger partial charge on any atom is -0.204 e. The van der Waals surface area contributed by atoms with Crippen LogP contribution in [0.5, 0.6) is 0 Å². The van der Waals surface area contributed by atoms with E-state index in [1.165, 1.54) is 228 Å². The van der Waals surface area contributed by atoms with Crippen molar-refractivity contribution < 1.29 is 52.7 Å². The summed E-state index contributed by atoms with van der Waals surface area (Å²) in [5.41, 5.74) is 9.58. The molecular weight excluding hydrogens is 1430 g/mol. The van der Waals surface area contributed by atoms with Gasteiger partial charge >= 0.3 is 0 Å². The molecule has 0 nitrogen and oxygen atoms in total. The lowest BCUT2D eigenvalue weighted by molar-refractivity contribution is 0.165. The number of rotatable bonds is 12. The van der Waals surface area contributed by atoms with Gasteiger partial charge in [0, 0.05) is 0 Å². The van der Waals surface area contributed by atoms with Gasteiger partial charge in [0.1, 0.15) is 0 Å². The SMILES string of the molecule is CC1CCC(C2CCC(c3ccc(-c4cc(F)c(F)c(F)c4)cc3)CC2)CC1.CC1CCC(C2CCC(c3ccc(-c4cc(F)c(F)c(F)c4)cc3)CC2)CC1.CC1CCC(C2CCC(c3ccc(-c4cc(F)c(F)c(F)c4)cc3)CC2)CC1.CC1CCC(C2CCC(c3ccc(-c4cc(F)c(F)c(F)c4)cc3)CC2)CC1. The highest BCUT2D eigenvalue weighted by Crippen LogP contribution is 2.50. The average molecular weight is 1550 g/mol. The molecule has 0 atom stereocenters. The van der Waals surface area contributed by atoms with Crippen LogP contribution in [0.2, 0.25) is 0 Å². The zero-order valence-corrected chi connectivity index (χ0v) is 66.3. The Hall–Kier alpha value is -7.08. The lowest BCUT2D eigenvalue weighted by atomic mass is 9.68. The van der Waals surface area contributed by atoms with Crippen molar-refractivity contribution in [2.24, 2.45) is 71.0 Å². The summed E-state index contributed by atoms with van der Waals surface area (Å²) in [6, 6.07) is 40.2. The second-order valence-corrected chi connectivity index (χ2v) is 36.0. The van der Waals surface area contributed by atoms with E-state index < -0.39 is 69.8 Å². The fourth-order valence-corrected chi connectivity index (χ4v) is 21.4. The van der Waals surface area contributed by atoms with Crippen LogP contribution in [-0.2, 0) is 0 Å². The summed E-state index contributed by atoms with van der Waals surface area (Å²) in [6.45, 7) is 9.52.